The van der Waals surface area contributed by atoms with Crippen molar-refractivity contribution in [2.75, 3.05) is 17.7 Å². The van der Waals surface area contributed by atoms with E-state index in [-0.39, 0.29) is 5.91 Å². The summed E-state index contributed by atoms with van der Waals surface area (Å²) in [5.74, 6) is -0.198. The lowest BCUT2D eigenvalue weighted by atomic mass is 10.3. The summed E-state index contributed by atoms with van der Waals surface area (Å²) < 4.78 is 1.66. The summed E-state index contributed by atoms with van der Waals surface area (Å²) in [6.45, 7) is 1.89. The van der Waals surface area contributed by atoms with Crippen molar-refractivity contribution in [1.29, 1.82) is 0 Å². The highest BCUT2D eigenvalue weighted by molar-refractivity contribution is 6.05. The first-order valence-electron chi connectivity index (χ1n) is 5.49. The molecule has 1 amide bonds. The average molecular weight is 245 g/mol. The molecule has 2 N–H and O–H groups in total. The van der Waals surface area contributed by atoms with Gasteiger partial charge in [0.25, 0.3) is 5.91 Å². The van der Waals surface area contributed by atoms with Crippen LogP contribution in [0.2, 0.25) is 0 Å². The molecule has 0 saturated heterocycles. The van der Waals surface area contributed by atoms with Gasteiger partial charge in [0.15, 0.2) is 5.69 Å². The lowest BCUT2D eigenvalue weighted by Gasteiger charge is -2.17. The van der Waals surface area contributed by atoms with Crippen molar-refractivity contribution in [3.05, 3.63) is 35.9 Å². The Balaban J connectivity index is 2.32. The number of amides is 1. The van der Waals surface area contributed by atoms with Gasteiger partial charge in [0.2, 0.25) is 0 Å². The molecule has 2 heterocycles. The molecule has 2 rings (SSSR count). The van der Waals surface area contributed by atoms with Gasteiger partial charge < -0.3 is 10.6 Å². The number of anilines is 2. The minimum Gasteiger partial charge on any atom is -0.396 e. The number of pyridine rings is 1. The Bertz CT molecular complexity index is 570. The van der Waals surface area contributed by atoms with Gasteiger partial charge >= 0.3 is 0 Å². The molecule has 18 heavy (non-hydrogen) atoms. The van der Waals surface area contributed by atoms with Crippen LogP contribution in [-0.4, -0.2) is 27.7 Å². The van der Waals surface area contributed by atoms with E-state index in [4.69, 9.17) is 5.73 Å². The quantitative estimate of drug-likeness (QED) is 0.855. The average Bonchev–Trinajstić information content (AvgIpc) is 2.68. The van der Waals surface area contributed by atoms with Crippen LogP contribution in [-0.2, 0) is 7.05 Å². The Hall–Kier alpha value is -2.37. The lowest BCUT2D eigenvalue weighted by Crippen LogP contribution is -2.27. The van der Waals surface area contributed by atoms with Gasteiger partial charge in [-0.2, -0.15) is 5.10 Å². The molecule has 0 aliphatic carbocycles. The Labute approximate surface area is 105 Å². The highest BCUT2D eigenvalue weighted by atomic mass is 16.2. The first-order chi connectivity index (χ1) is 8.50. The molecule has 0 fully saturated rings. The third-order valence-corrected chi connectivity index (χ3v) is 2.83. The molecule has 0 spiro atoms. The number of hydrogen-bond acceptors (Lipinski definition) is 4. The van der Waals surface area contributed by atoms with Crippen molar-refractivity contribution in [2.45, 2.75) is 6.92 Å². The number of aromatic nitrogens is 3. The van der Waals surface area contributed by atoms with Gasteiger partial charge in [0, 0.05) is 26.0 Å². The zero-order valence-electron chi connectivity index (χ0n) is 10.6. The van der Waals surface area contributed by atoms with Crippen molar-refractivity contribution in [3.63, 3.8) is 0 Å². The van der Waals surface area contributed by atoms with E-state index in [0.29, 0.717) is 17.1 Å². The van der Waals surface area contributed by atoms with Gasteiger partial charge in [-0.25, -0.2) is 0 Å². The third-order valence-electron chi connectivity index (χ3n) is 2.83. The summed E-state index contributed by atoms with van der Waals surface area (Å²) in [4.78, 5) is 17.6. The molecule has 0 aliphatic heterocycles. The highest BCUT2D eigenvalue weighted by Gasteiger charge is 2.18. The van der Waals surface area contributed by atoms with Crippen LogP contribution in [0.3, 0.4) is 0 Å². The molecule has 6 nitrogen and oxygen atoms in total. The number of carbonyl (C=O) groups excluding carboxylic acids is 1. The summed E-state index contributed by atoms with van der Waals surface area (Å²) >= 11 is 0. The largest absolute Gasteiger partial charge is 0.396 e. The summed E-state index contributed by atoms with van der Waals surface area (Å²) in [6, 6.07) is 3.44. The molecule has 0 bridgehead atoms. The minimum atomic E-state index is -0.198. The van der Waals surface area contributed by atoms with Gasteiger partial charge in [-0.05, 0) is 19.1 Å². The molecule has 0 aromatic carbocycles. The van der Waals surface area contributed by atoms with Crippen LogP contribution in [0, 0.1) is 6.92 Å². The second-order valence-corrected chi connectivity index (χ2v) is 4.09. The Kier molecular flexibility index (Phi) is 3.01. The van der Waals surface area contributed by atoms with Crippen LogP contribution in [0.4, 0.5) is 11.4 Å². The maximum atomic E-state index is 12.2. The third kappa shape index (κ3) is 2.04. The fraction of sp³-hybridized carbons (Fsp3) is 0.250. The number of nitrogens with two attached hydrogens (primary N) is 1. The van der Waals surface area contributed by atoms with Crippen molar-refractivity contribution >= 4 is 17.3 Å². The van der Waals surface area contributed by atoms with E-state index in [0.717, 1.165) is 5.69 Å². The first-order valence-corrected chi connectivity index (χ1v) is 5.49. The highest BCUT2D eigenvalue weighted by Crippen LogP contribution is 2.21. The van der Waals surface area contributed by atoms with E-state index in [1.807, 2.05) is 6.92 Å². The number of nitrogens with zero attached hydrogens (tertiary/aromatic N) is 4. The number of hydrogen-bond donors (Lipinski definition) is 1. The van der Waals surface area contributed by atoms with E-state index in [9.17, 15) is 4.79 Å². The fourth-order valence-corrected chi connectivity index (χ4v) is 1.65. The normalized spacial score (nSPS) is 10.4. The van der Waals surface area contributed by atoms with Crippen LogP contribution in [0.1, 0.15) is 16.2 Å². The second-order valence-electron chi connectivity index (χ2n) is 4.09. The van der Waals surface area contributed by atoms with Gasteiger partial charge in [-0.1, -0.05) is 0 Å². The van der Waals surface area contributed by atoms with Gasteiger partial charge in [0.1, 0.15) is 0 Å². The van der Waals surface area contributed by atoms with E-state index in [1.165, 1.54) is 11.1 Å². The van der Waals surface area contributed by atoms with E-state index in [2.05, 4.69) is 10.1 Å². The van der Waals surface area contributed by atoms with Crippen molar-refractivity contribution in [1.82, 2.24) is 14.8 Å². The maximum absolute atomic E-state index is 12.2. The Morgan fingerprint density at radius 3 is 2.78 bits per heavy atom. The monoisotopic (exact) mass is 245 g/mol. The molecule has 0 radical (unpaired) electrons. The molecule has 0 atom stereocenters. The van der Waals surface area contributed by atoms with Crippen LogP contribution < -0.4 is 10.6 Å². The molecule has 0 aliphatic rings. The SMILES string of the molecule is Cc1cc(C(=O)N(C)c2ccncc2N)nn1C. The number of carbonyl (C=O) groups is 1. The zero-order chi connectivity index (χ0) is 13.3. The van der Waals surface area contributed by atoms with Crippen molar-refractivity contribution in [2.24, 2.45) is 7.05 Å². The van der Waals surface area contributed by atoms with Crippen molar-refractivity contribution in [3.8, 4) is 0 Å². The van der Waals surface area contributed by atoms with E-state index >= 15 is 0 Å². The number of aryl methyl sites for hydroxylation is 2. The molecule has 2 aromatic rings. The van der Waals surface area contributed by atoms with E-state index in [1.54, 1.807) is 37.1 Å². The second kappa shape index (κ2) is 4.48. The molecule has 0 unspecified atom stereocenters. The number of rotatable bonds is 2. The van der Waals surface area contributed by atoms with Gasteiger partial charge in [0.05, 0.1) is 17.6 Å². The zero-order valence-corrected chi connectivity index (χ0v) is 10.6. The summed E-state index contributed by atoms with van der Waals surface area (Å²) in [7, 11) is 3.46. The van der Waals surface area contributed by atoms with E-state index < -0.39 is 0 Å². The van der Waals surface area contributed by atoms with Gasteiger partial charge in [-0.3, -0.25) is 14.5 Å². The summed E-state index contributed by atoms with van der Waals surface area (Å²) in [5.41, 5.74) is 8.20. The maximum Gasteiger partial charge on any atom is 0.278 e. The Morgan fingerprint density at radius 1 is 1.50 bits per heavy atom. The lowest BCUT2D eigenvalue weighted by molar-refractivity contribution is 0.0987. The minimum absolute atomic E-state index is 0.198. The molecule has 0 saturated carbocycles. The predicted molar refractivity (Wildman–Crippen MR) is 69.3 cm³/mol. The number of nitrogen functional groups attached to an aromatic ring is 1. The fourth-order valence-electron chi connectivity index (χ4n) is 1.65. The smallest absolute Gasteiger partial charge is 0.278 e. The Morgan fingerprint density at radius 2 is 2.22 bits per heavy atom. The summed E-state index contributed by atoms with van der Waals surface area (Å²) in [6.07, 6.45) is 3.11. The molecular formula is C12H15N5O. The molecule has 6 heteroatoms. The standard InChI is InChI=1S/C12H15N5O/c1-8-6-10(15-17(8)3)12(18)16(2)11-4-5-14-7-9(11)13/h4-7H,13H2,1-3H3. The van der Waals surface area contributed by atoms with Crippen LogP contribution in [0.5, 0.6) is 0 Å². The topological polar surface area (TPSA) is 77.0 Å². The predicted octanol–water partition coefficient (Wildman–Crippen LogP) is 0.982. The molecular weight excluding hydrogens is 230 g/mol. The van der Waals surface area contributed by atoms with Crippen LogP contribution in [0.25, 0.3) is 0 Å². The summed E-state index contributed by atoms with van der Waals surface area (Å²) in [5, 5.41) is 4.16. The van der Waals surface area contributed by atoms with Crippen molar-refractivity contribution < 1.29 is 4.79 Å². The van der Waals surface area contributed by atoms with Gasteiger partial charge in [-0.15, -0.1) is 0 Å². The molecule has 2 aromatic heterocycles. The molecule has 94 valence electrons. The van der Waals surface area contributed by atoms with Crippen LogP contribution in [0.15, 0.2) is 24.5 Å². The van der Waals surface area contributed by atoms with Crippen LogP contribution >= 0.6 is 0 Å². The first kappa shape index (κ1) is 12.1.